The van der Waals surface area contributed by atoms with Crippen molar-refractivity contribution in [3.8, 4) is 6.07 Å². The van der Waals surface area contributed by atoms with E-state index in [0.29, 0.717) is 15.7 Å². The Morgan fingerprint density at radius 1 is 1.28 bits per heavy atom. The summed E-state index contributed by atoms with van der Waals surface area (Å²) in [6.45, 7) is 5.41. The zero-order valence-electron chi connectivity index (χ0n) is 18.3. The van der Waals surface area contributed by atoms with Crippen molar-refractivity contribution in [3.05, 3.63) is 49.4 Å². The molecular weight excluding hydrogens is 426 g/mol. The Hall–Kier alpha value is -2.93. The van der Waals surface area contributed by atoms with Gasteiger partial charge in [0.25, 0.3) is 11.5 Å². The first kappa shape index (κ1) is 23.7. The molecule has 9 heteroatoms. The fourth-order valence-electron chi connectivity index (χ4n) is 3.66. The van der Waals surface area contributed by atoms with Crippen molar-refractivity contribution < 1.29 is 9.90 Å². The van der Waals surface area contributed by atoms with E-state index in [-0.39, 0.29) is 24.3 Å². The zero-order valence-corrected chi connectivity index (χ0v) is 19.1. The van der Waals surface area contributed by atoms with Crippen molar-refractivity contribution in [1.82, 2.24) is 14.8 Å². The SMILES string of the molecule is CCn1c(=O)/c(=C\Nc2ccc(CCN3CCCC3)cc2)s/c1=C(/C#N)C(=O)NCCO. The first-order chi connectivity index (χ1) is 15.6. The second-order valence-electron chi connectivity index (χ2n) is 7.57. The average Bonchev–Trinajstić information content (AvgIpc) is 3.44. The summed E-state index contributed by atoms with van der Waals surface area (Å²) in [6, 6.07) is 10.0. The first-order valence-electron chi connectivity index (χ1n) is 10.9. The summed E-state index contributed by atoms with van der Waals surface area (Å²) in [5.74, 6) is -0.603. The van der Waals surface area contributed by atoms with Crippen molar-refractivity contribution in [2.75, 3.05) is 38.1 Å². The number of thiazole rings is 1. The number of aliphatic hydroxyl groups excluding tert-OH is 1. The van der Waals surface area contributed by atoms with E-state index in [1.54, 1.807) is 13.1 Å². The Bertz CT molecular complexity index is 1140. The summed E-state index contributed by atoms with van der Waals surface area (Å²) in [4.78, 5) is 27.5. The Balaban J connectivity index is 1.78. The molecule has 8 nitrogen and oxygen atoms in total. The lowest BCUT2D eigenvalue weighted by molar-refractivity contribution is -0.115. The molecule has 0 unspecified atom stereocenters. The van der Waals surface area contributed by atoms with Crippen LogP contribution in [0, 0.1) is 11.3 Å². The fourth-order valence-corrected chi connectivity index (χ4v) is 4.74. The zero-order chi connectivity index (χ0) is 22.9. The van der Waals surface area contributed by atoms with Gasteiger partial charge in [-0.1, -0.05) is 12.1 Å². The van der Waals surface area contributed by atoms with Crippen LogP contribution in [0.4, 0.5) is 5.69 Å². The number of aromatic nitrogens is 1. The molecule has 170 valence electrons. The number of aliphatic hydroxyl groups is 1. The van der Waals surface area contributed by atoms with E-state index < -0.39 is 5.91 Å². The second kappa shape index (κ2) is 11.6. The number of nitriles is 1. The molecule has 0 spiro atoms. The van der Waals surface area contributed by atoms with Gasteiger partial charge in [0.1, 0.15) is 15.3 Å². The summed E-state index contributed by atoms with van der Waals surface area (Å²) in [6.07, 6.45) is 5.22. The molecule has 2 aromatic rings. The molecule has 3 rings (SSSR count). The standard InChI is InChI=1S/C23H29N5O3S/c1-2-28-22(31)20(32-23(28)19(15-24)21(30)25-10-14-29)16-26-18-7-5-17(6-8-18)9-13-27-11-3-4-12-27/h5-8,16,26,29H,2-4,9-14H2,1H3,(H,25,30)/b20-16+,23-19-. The van der Waals surface area contributed by atoms with Gasteiger partial charge in [0, 0.05) is 31.5 Å². The van der Waals surface area contributed by atoms with E-state index in [4.69, 9.17) is 5.11 Å². The van der Waals surface area contributed by atoms with E-state index in [1.165, 1.54) is 36.1 Å². The van der Waals surface area contributed by atoms with Gasteiger partial charge in [-0.2, -0.15) is 5.26 Å². The second-order valence-corrected chi connectivity index (χ2v) is 8.60. The van der Waals surface area contributed by atoms with E-state index in [0.717, 1.165) is 30.0 Å². The fraction of sp³-hybridized carbons (Fsp3) is 0.435. The highest BCUT2D eigenvalue weighted by atomic mass is 32.1. The summed E-state index contributed by atoms with van der Waals surface area (Å²) in [7, 11) is 0. The van der Waals surface area contributed by atoms with E-state index >= 15 is 0 Å². The van der Waals surface area contributed by atoms with E-state index in [1.807, 2.05) is 18.2 Å². The van der Waals surface area contributed by atoms with Crippen LogP contribution < -0.4 is 25.4 Å². The van der Waals surface area contributed by atoms with Crippen LogP contribution in [-0.4, -0.2) is 53.3 Å². The molecule has 0 radical (unpaired) electrons. The number of hydrogen-bond donors (Lipinski definition) is 3. The highest BCUT2D eigenvalue weighted by molar-refractivity contribution is 7.07. The molecule has 1 aliphatic heterocycles. The number of rotatable bonds is 9. The Morgan fingerprint density at radius 3 is 2.62 bits per heavy atom. The first-order valence-corrected chi connectivity index (χ1v) is 11.7. The molecule has 1 fully saturated rings. The van der Waals surface area contributed by atoms with Crippen LogP contribution in [0.5, 0.6) is 0 Å². The quantitative estimate of drug-likeness (QED) is 0.498. The number of nitrogens with zero attached hydrogens (tertiary/aromatic N) is 3. The van der Waals surface area contributed by atoms with Crippen LogP contribution in [0.3, 0.4) is 0 Å². The molecule has 32 heavy (non-hydrogen) atoms. The van der Waals surface area contributed by atoms with Gasteiger partial charge in [0.05, 0.1) is 6.61 Å². The lowest BCUT2D eigenvalue weighted by Crippen LogP contribution is -2.35. The molecule has 1 aromatic heterocycles. The highest BCUT2D eigenvalue weighted by Gasteiger charge is 2.15. The van der Waals surface area contributed by atoms with Crippen LogP contribution in [0.1, 0.15) is 25.3 Å². The van der Waals surface area contributed by atoms with Gasteiger partial charge in [-0.25, -0.2) is 0 Å². The number of likely N-dealkylation sites (tertiary alicyclic amines) is 1. The maximum Gasteiger partial charge on any atom is 0.270 e. The maximum atomic E-state index is 12.8. The summed E-state index contributed by atoms with van der Waals surface area (Å²) in [5, 5.41) is 24.0. The van der Waals surface area contributed by atoms with Crippen molar-refractivity contribution in [2.24, 2.45) is 0 Å². The van der Waals surface area contributed by atoms with Gasteiger partial charge in [0.15, 0.2) is 5.57 Å². The molecular formula is C23H29N5O3S. The smallest absolute Gasteiger partial charge is 0.270 e. The minimum atomic E-state index is -0.603. The van der Waals surface area contributed by atoms with Crippen LogP contribution in [0.15, 0.2) is 29.1 Å². The van der Waals surface area contributed by atoms with Crippen molar-refractivity contribution >= 4 is 34.7 Å². The Morgan fingerprint density at radius 2 is 2.00 bits per heavy atom. The molecule has 1 aliphatic rings. The molecule has 0 saturated carbocycles. The Labute approximate surface area is 191 Å². The Kier molecular flexibility index (Phi) is 8.62. The van der Waals surface area contributed by atoms with Gasteiger partial charge < -0.3 is 20.6 Å². The van der Waals surface area contributed by atoms with Crippen LogP contribution in [-0.2, 0) is 17.8 Å². The summed E-state index contributed by atoms with van der Waals surface area (Å²) >= 11 is 1.09. The third-order valence-corrected chi connectivity index (χ3v) is 6.54. The molecule has 0 bridgehead atoms. The normalized spacial score (nSPS) is 15.5. The molecule has 1 amide bonds. The molecule has 1 saturated heterocycles. The lowest BCUT2D eigenvalue weighted by Gasteiger charge is -2.14. The number of benzene rings is 1. The van der Waals surface area contributed by atoms with Crippen molar-refractivity contribution in [3.63, 3.8) is 0 Å². The predicted molar refractivity (Wildman–Crippen MR) is 127 cm³/mol. The minimum absolute atomic E-state index is 0.0420. The van der Waals surface area contributed by atoms with Gasteiger partial charge in [0.2, 0.25) is 0 Å². The molecule has 2 heterocycles. The van der Waals surface area contributed by atoms with Gasteiger partial charge in [-0.15, -0.1) is 11.3 Å². The molecule has 0 atom stereocenters. The third-order valence-electron chi connectivity index (χ3n) is 5.41. The summed E-state index contributed by atoms with van der Waals surface area (Å²) < 4.78 is 2.12. The van der Waals surface area contributed by atoms with E-state index in [9.17, 15) is 14.9 Å². The number of carbonyl (C=O) groups is 1. The average molecular weight is 456 g/mol. The number of anilines is 1. The minimum Gasteiger partial charge on any atom is -0.395 e. The summed E-state index contributed by atoms with van der Waals surface area (Å²) in [5.41, 5.74) is 1.74. The van der Waals surface area contributed by atoms with Gasteiger partial charge in [-0.3, -0.25) is 14.2 Å². The molecule has 3 N–H and O–H groups in total. The molecule has 0 aliphatic carbocycles. The number of carbonyl (C=O) groups excluding carboxylic acids is 1. The van der Waals surface area contributed by atoms with E-state index in [2.05, 4.69) is 27.7 Å². The van der Waals surface area contributed by atoms with Crippen molar-refractivity contribution in [2.45, 2.75) is 32.7 Å². The van der Waals surface area contributed by atoms with Crippen LogP contribution in [0.2, 0.25) is 0 Å². The van der Waals surface area contributed by atoms with Gasteiger partial charge >= 0.3 is 0 Å². The van der Waals surface area contributed by atoms with Crippen molar-refractivity contribution in [1.29, 1.82) is 5.26 Å². The topological polar surface area (TPSA) is 110 Å². The number of hydrogen-bond acceptors (Lipinski definition) is 7. The monoisotopic (exact) mass is 455 g/mol. The third kappa shape index (κ3) is 5.85. The lowest BCUT2D eigenvalue weighted by atomic mass is 10.1. The van der Waals surface area contributed by atoms with Gasteiger partial charge in [-0.05, 0) is 57.0 Å². The number of nitrogens with one attached hydrogen (secondary N) is 2. The predicted octanol–water partition coefficient (Wildman–Crippen LogP) is 0.201. The highest BCUT2D eigenvalue weighted by Crippen LogP contribution is 2.12. The van der Waals surface area contributed by atoms with Crippen LogP contribution in [0.25, 0.3) is 11.8 Å². The largest absolute Gasteiger partial charge is 0.395 e. The van der Waals surface area contributed by atoms with Crippen LogP contribution >= 0.6 is 11.3 Å². The maximum absolute atomic E-state index is 12.8. The molecule has 1 aromatic carbocycles. The number of amides is 1.